The first-order valence-electron chi connectivity index (χ1n) is 4.16. The summed E-state index contributed by atoms with van der Waals surface area (Å²) >= 11 is 1.60. The van der Waals surface area contributed by atoms with E-state index in [-0.39, 0.29) is 11.9 Å². The molecule has 0 aliphatic heterocycles. The molecule has 0 spiro atoms. The van der Waals surface area contributed by atoms with Crippen molar-refractivity contribution >= 4 is 11.8 Å². The molecular weight excluding hydrogens is 185 g/mol. The van der Waals surface area contributed by atoms with Gasteiger partial charge in [0, 0.05) is 10.9 Å². The van der Waals surface area contributed by atoms with Gasteiger partial charge in [0.15, 0.2) is 0 Å². The molecule has 0 radical (unpaired) electrons. The molecule has 0 bridgehead atoms. The number of hydrogen-bond donors (Lipinski definition) is 1. The van der Waals surface area contributed by atoms with Crippen LogP contribution in [0.5, 0.6) is 0 Å². The molecule has 1 atom stereocenters. The van der Waals surface area contributed by atoms with E-state index in [0.29, 0.717) is 5.56 Å². The Morgan fingerprint density at radius 2 is 2.08 bits per heavy atom. The maximum Gasteiger partial charge on any atom is 0.126 e. The number of hydrogen-bond acceptors (Lipinski definition) is 2. The van der Waals surface area contributed by atoms with Gasteiger partial charge in [-0.1, -0.05) is 0 Å². The molecule has 13 heavy (non-hydrogen) atoms. The van der Waals surface area contributed by atoms with Crippen molar-refractivity contribution in [2.45, 2.75) is 24.8 Å². The molecule has 1 aromatic carbocycles. The second kappa shape index (κ2) is 4.11. The summed E-state index contributed by atoms with van der Waals surface area (Å²) in [6.07, 6.45) is 1.97. The topological polar surface area (TPSA) is 26.0 Å². The molecule has 0 saturated carbocycles. The maximum atomic E-state index is 13.2. The van der Waals surface area contributed by atoms with Crippen molar-refractivity contribution in [1.29, 1.82) is 0 Å². The Balaban J connectivity index is 3.25. The second-order valence-corrected chi connectivity index (χ2v) is 3.98. The molecule has 3 heteroatoms. The van der Waals surface area contributed by atoms with Gasteiger partial charge in [0.05, 0.1) is 0 Å². The van der Waals surface area contributed by atoms with Crippen LogP contribution in [0.1, 0.15) is 24.1 Å². The largest absolute Gasteiger partial charge is 0.324 e. The van der Waals surface area contributed by atoms with Crippen LogP contribution < -0.4 is 5.73 Å². The molecule has 0 aliphatic carbocycles. The third kappa shape index (κ3) is 2.23. The third-order valence-electron chi connectivity index (χ3n) is 2.00. The zero-order chi connectivity index (χ0) is 10.0. The summed E-state index contributed by atoms with van der Waals surface area (Å²) in [5.41, 5.74) is 7.29. The number of nitrogens with two attached hydrogens (primary N) is 1. The van der Waals surface area contributed by atoms with Gasteiger partial charge >= 0.3 is 0 Å². The Morgan fingerprint density at radius 1 is 1.46 bits per heavy atom. The molecule has 0 unspecified atom stereocenters. The first-order chi connectivity index (χ1) is 6.06. The van der Waals surface area contributed by atoms with Crippen LogP contribution in [0.25, 0.3) is 0 Å². The van der Waals surface area contributed by atoms with Crippen LogP contribution in [-0.4, -0.2) is 6.26 Å². The van der Waals surface area contributed by atoms with Crippen LogP contribution in [0.4, 0.5) is 4.39 Å². The van der Waals surface area contributed by atoms with Gasteiger partial charge in [-0.25, -0.2) is 4.39 Å². The molecule has 0 amide bonds. The molecule has 0 fully saturated rings. The molecule has 0 aliphatic rings. The van der Waals surface area contributed by atoms with E-state index in [1.165, 1.54) is 6.07 Å². The van der Waals surface area contributed by atoms with Crippen molar-refractivity contribution < 1.29 is 4.39 Å². The zero-order valence-electron chi connectivity index (χ0n) is 8.10. The summed E-state index contributed by atoms with van der Waals surface area (Å²) in [5, 5.41) is 0. The van der Waals surface area contributed by atoms with E-state index in [4.69, 9.17) is 5.73 Å². The minimum atomic E-state index is -0.176. The van der Waals surface area contributed by atoms with Gasteiger partial charge in [0.1, 0.15) is 5.82 Å². The van der Waals surface area contributed by atoms with Gasteiger partial charge in [-0.05, 0) is 43.4 Å². The number of rotatable bonds is 2. The van der Waals surface area contributed by atoms with Gasteiger partial charge < -0.3 is 5.73 Å². The van der Waals surface area contributed by atoms with Crippen molar-refractivity contribution in [1.82, 2.24) is 0 Å². The lowest BCUT2D eigenvalue weighted by Gasteiger charge is -2.12. The van der Waals surface area contributed by atoms with Crippen molar-refractivity contribution in [2.24, 2.45) is 5.73 Å². The fourth-order valence-corrected chi connectivity index (χ4v) is 1.98. The predicted molar refractivity (Wildman–Crippen MR) is 55.5 cm³/mol. The van der Waals surface area contributed by atoms with E-state index in [0.717, 1.165) is 10.5 Å². The Hall–Kier alpha value is -0.540. The highest BCUT2D eigenvalue weighted by Crippen LogP contribution is 2.27. The quantitative estimate of drug-likeness (QED) is 0.741. The molecule has 1 aromatic rings. The smallest absolute Gasteiger partial charge is 0.126 e. The summed E-state index contributed by atoms with van der Waals surface area (Å²) in [5.74, 6) is -0.176. The second-order valence-electron chi connectivity index (χ2n) is 3.13. The highest BCUT2D eigenvalue weighted by Gasteiger charge is 2.09. The fraction of sp³-hybridized carbons (Fsp3) is 0.400. The van der Waals surface area contributed by atoms with E-state index in [2.05, 4.69) is 0 Å². The van der Waals surface area contributed by atoms with Crippen LogP contribution in [0.3, 0.4) is 0 Å². The van der Waals surface area contributed by atoms with Crippen LogP contribution in [0.15, 0.2) is 17.0 Å². The van der Waals surface area contributed by atoms with Crippen LogP contribution in [0, 0.1) is 12.7 Å². The Bertz CT molecular complexity index is 310. The van der Waals surface area contributed by atoms with Crippen molar-refractivity contribution in [3.05, 3.63) is 29.1 Å². The molecule has 0 heterocycles. The van der Waals surface area contributed by atoms with Gasteiger partial charge in [0.25, 0.3) is 0 Å². The highest BCUT2D eigenvalue weighted by atomic mass is 32.2. The minimum Gasteiger partial charge on any atom is -0.324 e. The van der Waals surface area contributed by atoms with Crippen molar-refractivity contribution in [3.63, 3.8) is 0 Å². The summed E-state index contributed by atoms with van der Waals surface area (Å²) in [7, 11) is 0. The first kappa shape index (κ1) is 10.5. The average Bonchev–Trinajstić information content (AvgIpc) is 2.08. The van der Waals surface area contributed by atoms with Gasteiger partial charge in [-0.15, -0.1) is 11.8 Å². The molecular formula is C10H14FNS. The first-order valence-corrected chi connectivity index (χ1v) is 5.38. The van der Waals surface area contributed by atoms with E-state index in [1.54, 1.807) is 18.7 Å². The molecule has 1 nitrogen and oxygen atoms in total. The molecule has 0 saturated heterocycles. The summed E-state index contributed by atoms with van der Waals surface area (Å²) in [4.78, 5) is 1.06. The van der Waals surface area contributed by atoms with Crippen molar-refractivity contribution in [2.75, 3.05) is 6.26 Å². The van der Waals surface area contributed by atoms with E-state index >= 15 is 0 Å². The lowest BCUT2D eigenvalue weighted by Crippen LogP contribution is -2.07. The van der Waals surface area contributed by atoms with Gasteiger partial charge in [0.2, 0.25) is 0 Å². The highest BCUT2D eigenvalue weighted by molar-refractivity contribution is 7.98. The van der Waals surface area contributed by atoms with E-state index in [9.17, 15) is 4.39 Å². The van der Waals surface area contributed by atoms with E-state index in [1.807, 2.05) is 19.2 Å². The molecule has 0 aromatic heterocycles. The number of benzene rings is 1. The van der Waals surface area contributed by atoms with E-state index < -0.39 is 0 Å². The maximum absolute atomic E-state index is 13.2. The Labute approximate surface area is 82.5 Å². The standard InChI is InChI=1S/C10H14FNS/c1-6-4-10(13-3)8(7(2)12)5-9(6)11/h4-5,7H,12H2,1-3H3/t7-/m1/s1. The Kier molecular flexibility index (Phi) is 3.33. The Morgan fingerprint density at radius 3 is 2.54 bits per heavy atom. The van der Waals surface area contributed by atoms with Crippen LogP contribution in [0.2, 0.25) is 0 Å². The van der Waals surface area contributed by atoms with Crippen LogP contribution >= 0.6 is 11.8 Å². The zero-order valence-corrected chi connectivity index (χ0v) is 8.91. The third-order valence-corrected chi connectivity index (χ3v) is 2.79. The van der Waals surface area contributed by atoms with Crippen LogP contribution in [-0.2, 0) is 0 Å². The number of thioether (sulfide) groups is 1. The monoisotopic (exact) mass is 199 g/mol. The minimum absolute atomic E-state index is 0.113. The van der Waals surface area contributed by atoms with Crippen molar-refractivity contribution in [3.8, 4) is 0 Å². The fourth-order valence-electron chi connectivity index (χ4n) is 1.20. The normalized spacial score (nSPS) is 13.0. The summed E-state index contributed by atoms with van der Waals surface area (Å²) in [6, 6.07) is 3.27. The lowest BCUT2D eigenvalue weighted by molar-refractivity contribution is 0.610. The summed E-state index contributed by atoms with van der Waals surface area (Å²) in [6.45, 7) is 3.63. The molecule has 2 N–H and O–H groups in total. The molecule has 1 rings (SSSR count). The summed E-state index contributed by atoms with van der Waals surface area (Å²) < 4.78 is 13.2. The molecule has 72 valence electrons. The van der Waals surface area contributed by atoms with Gasteiger partial charge in [-0.2, -0.15) is 0 Å². The number of aryl methyl sites for hydroxylation is 1. The average molecular weight is 199 g/mol. The number of halogens is 1. The lowest BCUT2D eigenvalue weighted by atomic mass is 10.1. The predicted octanol–water partition coefficient (Wildman–Crippen LogP) is 2.88. The SMILES string of the molecule is CSc1cc(C)c(F)cc1[C@@H](C)N. The van der Waals surface area contributed by atoms with Gasteiger partial charge in [-0.3, -0.25) is 0 Å².